The lowest BCUT2D eigenvalue weighted by atomic mass is 9.91. The van der Waals surface area contributed by atoms with Gasteiger partial charge in [0.25, 0.3) is 0 Å². The van der Waals surface area contributed by atoms with Gasteiger partial charge in [0, 0.05) is 24.9 Å². The van der Waals surface area contributed by atoms with E-state index in [4.69, 9.17) is 4.74 Å². The first kappa shape index (κ1) is 11.7. The molecular weight excluding hydrogens is 206 g/mol. The van der Waals surface area contributed by atoms with Crippen LogP contribution in [0.2, 0.25) is 0 Å². The molecule has 88 valence electrons. The van der Waals surface area contributed by atoms with E-state index in [1.54, 1.807) is 0 Å². The highest BCUT2D eigenvalue weighted by Crippen LogP contribution is 2.24. The van der Waals surface area contributed by atoms with Crippen LogP contribution in [0.1, 0.15) is 38.5 Å². The SMILES string of the molecule is COC1CCCCC1NC1CCCSC1. The number of hydrogen-bond donors (Lipinski definition) is 1. The molecule has 15 heavy (non-hydrogen) atoms. The van der Waals surface area contributed by atoms with Gasteiger partial charge < -0.3 is 10.1 Å². The molecule has 3 heteroatoms. The molecule has 0 aromatic carbocycles. The number of thioether (sulfide) groups is 1. The van der Waals surface area contributed by atoms with E-state index in [0.29, 0.717) is 12.1 Å². The molecule has 1 aliphatic carbocycles. The van der Waals surface area contributed by atoms with E-state index in [2.05, 4.69) is 17.1 Å². The molecule has 0 bridgehead atoms. The molecule has 1 saturated heterocycles. The Morgan fingerprint density at radius 2 is 2.00 bits per heavy atom. The highest BCUT2D eigenvalue weighted by Gasteiger charge is 2.27. The van der Waals surface area contributed by atoms with Gasteiger partial charge in [0.1, 0.15) is 0 Å². The quantitative estimate of drug-likeness (QED) is 0.803. The third kappa shape index (κ3) is 3.36. The Bertz CT molecular complexity index is 182. The third-order valence-corrected chi connectivity index (χ3v) is 4.83. The minimum absolute atomic E-state index is 0.464. The number of methoxy groups -OCH3 is 1. The second kappa shape index (κ2) is 6.12. The minimum atomic E-state index is 0.464. The Morgan fingerprint density at radius 3 is 2.73 bits per heavy atom. The third-order valence-electron chi connectivity index (χ3n) is 3.62. The van der Waals surface area contributed by atoms with Crippen molar-refractivity contribution < 1.29 is 4.74 Å². The Kier molecular flexibility index (Phi) is 4.79. The molecule has 2 rings (SSSR count). The molecule has 0 aromatic rings. The van der Waals surface area contributed by atoms with E-state index in [1.807, 2.05) is 7.11 Å². The lowest BCUT2D eigenvalue weighted by Crippen LogP contribution is -2.49. The summed E-state index contributed by atoms with van der Waals surface area (Å²) in [5.74, 6) is 2.66. The normalized spacial score (nSPS) is 37.8. The molecule has 0 aromatic heterocycles. The van der Waals surface area contributed by atoms with Crippen molar-refractivity contribution in [3.05, 3.63) is 0 Å². The fourth-order valence-electron chi connectivity index (χ4n) is 2.74. The van der Waals surface area contributed by atoms with Crippen LogP contribution in [0.15, 0.2) is 0 Å². The predicted octanol–water partition coefficient (Wildman–Crippen LogP) is 2.43. The number of nitrogens with one attached hydrogen (secondary N) is 1. The number of ether oxygens (including phenoxy) is 1. The first-order chi connectivity index (χ1) is 7.40. The van der Waals surface area contributed by atoms with Crippen molar-refractivity contribution in [3.8, 4) is 0 Å². The highest BCUT2D eigenvalue weighted by atomic mass is 32.2. The van der Waals surface area contributed by atoms with E-state index < -0.39 is 0 Å². The van der Waals surface area contributed by atoms with Gasteiger partial charge in [-0.2, -0.15) is 11.8 Å². The van der Waals surface area contributed by atoms with Crippen LogP contribution in [0.5, 0.6) is 0 Å². The van der Waals surface area contributed by atoms with E-state index >= 15 is 0 Å². The van der Waals surface area contributed by atoms with Crippen LogP contribution in [0.4, 0.5) is 0 Å². The Balaban J connectivity index is 1.79. The van der Waals surface area contributed by atoms with Crippen molar-refractivity contribution in [3.63, 3.8) is 0 Å². The zero-order valence-electron chi connectivity index (χ0n) is 9.71. The van der Waals surface area contributed by atoms with Crippen LogP contribution in [-0.2, 0) is 4.74 Å². The second-order valence-electron chi connectivity index (χ2n) is 4.75. The van der Waals surface area contributed by atoms with Crippen LogP contribution in [0.3, 0.4) is 0 Å². The molecule has 2 aliphatic rings. The molecule has 1 heterocycles. The zero-order valence-corrected chi connectivity index (χ0v) is 10.5. The molecule has 3 atom stereocenters. The van der Waals surface area contributed by atoms with Gasteiger partial charge >= 0.3 is 0 Å². The van der Waals surface area contributed by atoms with Crippen molar-refractivity contribution in [2.24, 2.45) is 0 Å². The molecular formula is C12H23NOS. The van der Waals surface area contributed by atoms with E-state index in [9.17, 15) is 0 Å². The van der Waals surface area contributed by atoms with Crippen molar-refractivity contribution >= 4 is 11.8 Å². The van der Waals surface area contributed by atoms with E-state index in [-0.39, 0.29) is 0 Å². The summed E-state index contributed by atoms with van der Waals surface area (Å²) in [6.45, 7) is 0. The van der Waals surface area contributed by atoms with Crippen molar-refractivity contribution in [1.29, 1.82) is 0 Å². The maximum Gasteiger partial charge on any atom is 0.0724 e. The van der Waals surface area contributed by atoms with E-state index in [0.717, 1.165) is 6.04 Å². The Hall–Kier alpha value is 0.270. The maximum absolute atomic E-state index is 5.58. The molecule has 0 amide bonds. The predicted molar refractivity (Wildman–Crippen MR) is 66.5 cm³/mol. The molecule has 2 nitrogen and oxygen atoms in total. The van der Waals surface area contributed by atoms with Gasteiger partial charge in [0.15, 0.2) is 0 Å². The summed E-state index contributed by atoms with van der Waals surface area (Å²) in [5, 5.41) is 3.81. The average molecular weight is 229 g/mol. The largest absolute Gasteiger partial charge is 0.380 e. The van der Waals surface area contributed by atoms with Gasteiger partial charge in [0.05, 0.1) is 6.10 Å². The highest BCUT2D eigenvalue weighted by molar-refractivity contribution is 7.99. The molecule has 1 aliphatic heterocycles. The minimum Gasteiger partial charge on any atom is -0.380 e. The topological polar surface area (TPSA) is 21.3 Å². The van der Waals surface area contributed by atoms with Gasteiger partial charge in [-0.05, 0) is 31.4 Å². The lowest BCUT2D eigenvalue weighted by Gasteiger charge is -2.35. The summed E-state index contributed by atoms with van der Waals surface area (Å²) in [4.78, 5) is 0. The number of rotatable bonds is 3. The van der Waals surface area contributed by atoms with Crippen LogP contribution in [0, 0.1) is 0 Å². The van der Waals surface area contributed by atoms with E-state index in [1.165, 1.54) is 50.0 Å². The van der Waals surface area contributed by atoms with Crippen molar-refractivity contribution in [2.75, 3.05) is 18.6 Å². The summed E-state index contributed by atoms with van der Waals surface area (Å²) in [6, 6.07) is 1.36. The second-order valence-corrected chi connectivity index (χ2v) is 5.90. The van der Waals surface area contributed by atoms with Gasteiger partial charge in [-0.1, -0.05) is 12.8 Å². The Morgan fingerprint density at radius 1 is 1.13 bits per heavy atom. The van der Waals surface area contributed by atoms with Gasteiger partial charge in [-0.3, -0.25) is 0 Å². The standard InChI is InChI=1S/C12H23NOS/c1-14-12-7-3-2-6-11(12)13-10-5-4-8-15-9-10/h10-13H,2-9H2,1H3. The fraction of sp³-hybridized carbons (Fsp3) is 1.00. The van der Waals surface area contributed by atoms with Crippen LogP contribution < -0.4 is 5.32 Å². The molecule has 2 fully saturated rings. The first-order valence-corrected chi connectivity index (χ1v) is 7.42. The summed E-state index contributed by atoms with van der Waals surface area (Å²) >= 11 is 2.10. The van der Waals surface area contributed by atoms with Crippen molar-refractivity contribution in [1.82, 2.24) is 5.32 Å². The number of hydrogen-bond acceptors (Lipinski definition) is 3. The summed E-state index contributed by atoms with van der Waals surface area (Å²) in [7, 11) is 1.86. The average Bonchev–Trinajstić information content (AvgIpc) is 2.31. The first-order valence-electron chi connectivity index (χ1n) is 6.26. The maximum atomic E-state index is 5.58. The van der Waals surface area contributed by atoms with Crippen LogP contribution >= 0.6 is 11.8 Å². The van der Waals surface area contributed by atoms with Crippen LogP contribution in [-0.4, -0.2) is 36.8 Å². The van der Waals surface area contributed by atoms with Gasteiger partial charge in [0.2, 0.25) is 0 Å². The molecule has 3 unspecified atom stereocenters. The molecule has 1 saturated carbocycles. The van der Waals surface area contributed by atoms with Crippen molar-refractivity contribution in [2.45, 2.75) is 56.7 Å². The Labute approximate surface area is 97.5 Å². The summed E-state index contributed by atoms with van der Waals surface area (Å²) in [6.07, 6.45) is 8.47. The molecule has 0 radical (unpaired) electrons. The monoisotopic (exact) mass is 229 g/mol. The zero-order chi connectivity index (χ0) is 10.5. The summed E-state index contributed by atoms with van der Waals surface area (Å²) < 4.78 is 5.58. The van der Waals surface area contributed by atoms with Crippen LogP contribution in [0.25, 0.3) is 0 Å². The fourth-order valence-corrected chi connectivity index (χ4v) is 3.83. The van der Waals surface area contributed by atoms with Gasteiger partial charge in [-0.25, -0.2) is 0 Å². The molecule has 1 N–H and O–H groups in total. The summed E-state index contributed by atoms with van der Waals surface area (Å²) in [5.41, 5.74) is 0. The smallest absolute Gasteiger partial charge is 0.0724 e. The van der Waals surface area contributed by atoms with Gasteiger partial charge in [-0.15, -0.1) is 0 Å². The molecule has 0 spiro atoms. The lowest BCUT2D eigenvalue weighted by molar-refractivity contribution is 0.0382.